The zero-order valence-corrected chi connectivity index (χ0v) is 14.8. The van der Waals surface area contributed by atoms with Crippen molar-refractivity contribution >= 4 is 0 Å². The zero-order chi connectivity index (χ0) is 14.8. The van der Waals surface area contributed by atoms with E-state index in [2.05, 4.69) is 27.7 Å². The largest absolute Gasteiger partial charge is 0.0625 e. The predicted octanol–water partition coefficient (Wildman–Crippen LogP) is 7.23. The van der Waals surface area contributed by atoms with E-state index in [9.17, 15) is 0 Å². The Labute approximate surface area is 129 Å². The zero-order valence-electron chi connectivity index (χ0n) is 14.8. The van der Waals surface area contributed by atoms with Gasteiger partial charge in [0.05, 0.1) is 0 Å². The van der Waals surface area contributed by atoms with Crippen LogP contribution in [-0.2, 0) is 0 Å². The first-order chi connectivity index (χ1) is 9.58. The van der Waals surface area contributed by atoms with Crippen LogP contribution in [0.15, 0.2) is 0 Å². The lowest BCUT2D eigenvalue weighted by molar-refractivity contribution is 0.342. The Bertz CT molecular complexity index is 188. The maximum atomic E-state index is 2.40. The van der Waals surface area contributed by atoms with Crippen molar-refractivity contribution in [3.05, 3.63) is 0 Å². The first kappa shape index (κ1) is 18.1. The first-order valence-corrected chi connectivity index (χ1v) is 9.58. The minimum Gasteiger partial charge on any atom is -0.0625 e. The van der Waals surface area contributed by atoms with E-state index in [-0.39, 0.29) is 0 Å². The quantitative estimate of drug-likeness (QED) is 0.439. The fraction of sp³-hybridized carbons (Fsp3) is 1.00. The molecule has 2 saturated carbocycles. The normalized spacial score (nSPS) is 36.6. The summed E-state index contributed by atoms with van der Waals surface area (Å²) in [7, 11) is 0. The molecule has 0 nitrogen and oxygen atoms in total. The van der Waals surface area contributed by atoms with Gasteiger partial charge in [0.2, 0.25) is 0 Å². The van der Waals surface area contributed by atoms with Crippen LogP contribution in [0.3, 0.4) is 0 Å². The third-order valence-corrected chi connectivity index (χ3v) is 5.58. The molecule has 2 atom stereocenters. The van der Waals surface area contributed by atoms with Crippen LogP contribution >= 0.6 is 0 Å². The van der Waals surface area contributed by atoms with Gasteiger partial charge in [0.15, 0.2) is 0 Å². The monoisotopic (exact) mass is 280 g/mol. The molecule has 0 heterocycles. The number of hydrogen-bond acceptors (Lipinski definition) is 0. The van der Waals surface area contributed by atoms with Crippen LogP contribution in [0, 0.1) is 23.7 Å². The van der Waals surface area contributed by atoms with Crippen molar-refractivity contribution in [3.63, 3.8) is 0 Å². The second kappa shape index (κ2) is 10.7. The SMILES string of the molecule is CC1CCCC(C)CCC1.CC1CCCCC(C)CC1. The van der Waals surface area contributed by atoms with E-state index in [0.29, 0.717) is 0 Å². The third kappa shape index (κ3) is 9.03. The summed E-state index contributed by atoms with van der Waals surface area (Å²) < 4.78 is 0. The fourth-order valence-corrected chi connectivity index (χ4v) is 3.76. The van der Waals surface area contributed by atoms with E-state index in [1.165, 1.54) is 77.0 Å². The van der Waals surface area contributed by atoms with Crippen LogP contribution in [0.5, 0.6) is 0 Å². The van der Waals surface area contributed by atoms with E-state index in [0.717, 1.165) is 23.7 Å². The fourth-order valence-electron chi connectivity index (χ4n) is 3.76. The lowest BCUT2D eigenvalue weighted by Gasteiger charge is -2.19. The molecule has 0 amide bonds. The highest BCUT2D eigenvalue weighted by molar-refractivity contribution is 4.63. The molecule has 0 bridgehead atoms. The standard InChI is InChI=1S/2C10H20/c1-9-5-3-7-10(2)8-4-6-9;1-9-5-3-4-6-10(2)8-7-9/h2*9-10H,3-8H2,1-2H3. The van der Waals surface area contributed by atoms with Crippen molar-refractivity contribution in [2.45, 2.75) is 105 Å². The lowest BCUT2D eigenvalue weighted by atomic mass is 9.87. The van der Waals surface area contributed by atoms with Gasteiger partial charge >= 0.3 is 0 Å². The molecular formula is C20H40. The molecule has 2 aliphatic carbocycles. The maximum absolute atomic E-state index is 2.40. The van der Waals surface area contributed by atoms with Crippen LogP contribution in [-0.4, -0.2) is 0 Å². The van der Waals surface area contributed by atoms with Crippen molar-refractivity contribution in [3.8, 4) is 0 Å². The topological polar surface area (TPSA) is 0 Å². The average Bonchev–Trinajstić information content (AvgIpc) is 2.38. The summed E-state index contributed by atoms with van der Waals surface area (Å²) in [4.78, 5) is 0. The van der Waals surface area contributed by atoms with Gasteiger partial charge in [0.25, 0.3) is 0 Å². The molecule has 120 valence electrons. The Morgan fingerprint density at radius 3 is 0.950 bits per heavy atom. The second-order valence-corrected chi connectivity index (χ2v) is 8.14. The molecule has 2 fully saturated rings. The van der Waals surface area contributed by atoms with Crippen LogP contribution in [0.2, 0.25) is 0 Å². The minimum atomic E-state index is 1.00. The molecule has 2 unspecified atom stereocenters. The molecule has 0 saturated heterocycles. The molecule has 0 N–H and O–H groups in total. The Balaban J connectivity index is 0.000000200. The van der Waals surface area contributed by atoms with E-state index >= 15 is 0 Å². The van der Waals surface area contributed by atoms with Gasteiger partial charge in [-0.3, -0.25) is 0 Å². The summed E-state index contributed by atoms with van der Waals surface area (Å²) >= 11 is 0. The molecule has 0 radical (unpaired) electrons. The highest BCUT2D eigenvalue weighted by atomic mass is 14.2. The van der Waals surface area contributed by atoms with E-state index in [4.69, 9.17) is 0 Å². The molecular weight excluding hydrogens is 240 g/mol. The highest BCUT2D eigenvalue weighted by Gasteiger charge is 2.10. The smallest absolute Gasteiger partial charge is 0.0443 e. The van der Waals surface area contributed by atoms with Crippen LogP contribution < -0.4 is 0 Å². The summed E-state index contributed by atoms with van der Waals surface area (Å²) in [5.41, 5.74) is 0. The van der Waals surface area contributed by atoms with Gasteiger partial charge in [-0.25, -0.2) is 0 Å². The van der Waals surface area contributed by atoms with Crippen LogP contribution in [0.4, 0.5) is 0 Å². The molecule has 0 aliphatic heterocycles. The van der Waals surface area contributed by atoms with Gasteiger partial charge < -0.3 is 0 Å². The molecule has 0 aromatic carbocycles. The Hall–Kier alpha value is 0. The summed E-state index contributed by atoms with van der Waals surface area (Å²) in [5, 5.41) is 0. The summed E-state index contributed by atoms with van der Waals surface area (Å²) in [6.45, 7) is 9.60. The Morgan fingerprint density at radius 2 is 0.600 bits per heavy atom. The van der Waals surface area contributed by atoms with Gasteiger partial charge in [-0.15, -0.1) is 0 Å². The third-order valence-electron chi connectivity index (χ3n) is 5.58. The van der Waals surface area contributed by atoms with Gasteiger partial charge in [-0.2, -0.15) is 0 Å². The molecule has 0 aromatic rings. The lowest BCUT2D eigenvalue weighted by Crippen LogP contribution is -2.04. The maximum Gasteiger partial charge on any atom is -0.0443 e. The van der Waals surface area contributed by atoms with E-state index in [1.807, 2.05) is 0 Å². The van der Waals surface area contributed by atoms with Gasteiger partial charge in [-0.05, 0) is 23.7 Å². The molecule has 0 aromatic heterocycles. The van der Waals surface area contributed by atoms with E-state index < -0.39 is 0 Å². The van der Waals surface area contributed by atoms with Crippen molar-refractivity contribution in [2.75, 3.05) is 0 Å². The Kier molecular flexibility index (Phi) is 9.65. The molecule has 2 aliphatic rings. The molecule has 20 heavy (non-hydrogen) atoms. The van der Waals surface area contributed by atoms with Crippen molar-refractivity contribution < 1.29 is 0 Å². The predicted molar refractivity (Wildman–Crippen MR) is 92.1 cm³/mol. The van der Waals surface area contributed by atoms with E-state index in [1.54, 1.807) is 0 Å². The van der Waals surface area contributed by atoms with Gasteiger partial charge in [0, 0.05) is 0 Å². The summed E-state index contributed by atoms with van der Waals surface area (Å²) in [6.07, 6.45) is 17.7. The number of hydrogen-bond donors (Lipinski definition) is 0. The number of rotatable bonds is 0. The highest BCUT2D eigenvalue weighted by Crippen LogP contribution is 2.25. The van der Waals surface area contributed by atoms with Crippen LogP contribution in [0.25, 0.3) is 0 Å². The second-order valence-electron chi connectivity index (χ2n) is 8.14. The van der Waals surface area contributed by atoms with Gasteiger partial charge in [-0.1, -0.05) is 105 Å². The van der Waals surface area contributed by atoms with Gasteiger partial charge in [0.1, 0.15) is 0 Å². The van der Waals surface area contributed by atoms with Crippen LogP contribution in [0.1, 0.15) is 105 Å². The molecule has 0 heteroatoms. The Morgan fingerprint density at radius 1 is 0.350 bits per heavy atom. The van der Waals surface area contributed by atoms with Crippen molar-refractivity contribution in [1.82, 2.24) is 0 Å². The molecule has 2 rings (SSSR count). The molecule has 0 spiro atoms. The summed E-state index contributed by atoms with van der Waals surface area (Å²) in [5.74, 6) is 4.02. The average molecular weight is 281 g/mol. The van der Waals surface area contributed by atoms with Crippen molar-refractivity contribution in [1.29, 1.82) is 0 Å². The minimum absolute atomic E-state index is 1.00. The summed E-state index contributed by atoms with van der Waals surface area (Å²) in [6, 6.07) is 0. The first-order valence-electron chi connectivity index (χ1n) is 9.58. The van der Waals surface area contributed by atoms with Crippen molar-refractivity contribution in [2.24, 2.45) is 23.7 Å².